The van der Waals surface area contributed by atoms with Gasteiger partial charge in [0.15, 0.2) is 5.82 Å². The highest BCUT2D eigenvalue weighted by molar-refractivity contribution is 5.76. The monoisotopic (exact) mass is 325 g/mol. The predicted molar refractivity (Wildman–Crippen MR) is 91.7 cm³/mol. The van der Waals surface area contributed by atoms with Gasteiger partial charge in [-0.15, -0.1) is 0 Å². The molecule has 3 heterocycles. The summed E-state index contributed by atoms with van der Waals surface area (Å²) in [4.78, 5) is 11.5. The molecule has 4 rings (SSSR count). The third-order valence-corrected chi connectivity index (χ3v) is 4.84. The van der Waals surface area contributed by atoms with Crippen molar-refractivity contribution < 1.29 is 4.52 Å². The zero-order chi connectivity index (χ0) is 16.5. The SMILES string of the molecule is CCc1nc2ccccc2n1C1CCN(Cc2noc(C)n2)CC1. The zero-order valence-electron chi connectivity index (χ0n) is 14.3. The molecular formula is C18H23N5O. The molecule has 0 aliphatic carbocycles. The van der Waals surface area contributed by atoms with Crippen molar-refractivity contribution in [1.82, 2.24) is 24.6 Å². The van der Waals surface area contributed by atoms with E-state index >= 15 is 0 Å². The van der Waals surface area contributed by atoms with Gasteiger partial charge in [-0.1, -0.05) is 24.2 Å². The Morgan fingerprint density at radius 2 is 1.96 bits per heavy atom. The summed E-state index contributed by atoms with van der Waals surface area (Å²) in [5.74, 6) is 2.62. The quantitative estimate of drug-likeness (QED) is 0.737. The Kier molecular flexibility index (Phi) is 4.06. The van der Waals surface area contributed by atoms with E-state index in [0.29, 0.717) is 11.9 Å². The van der Waals surface area contributed by atoms with E-state index in [1.165, 1.54) is 11.3 Å². The lowest BCUT2D eigenvalue weighted by Gasteiger charge is -2.32. The van der Waals surface area contributed by atoms with Crippen LogP contribution in [-0.2, 0) is 13.0 Å². The topological polar surface area (TPSA) is 60.0 Å². The maximum atomic E-state index is 5.06. The van der Waals surface area contributed by atoms with Crippen LogP contribution in [0.15, 0.2) is 28.8 Å². The molecular weight excluding hydrogens is 302 g/mol. The van der Waals surface area contributed by atoms with Crippen LogP contribution in [0.3, 0.4) is 0 Å². The van der Waals surface area contributed by atoms with Gasteiger partial charge in [0.25, 0.3) is 0 Å². The molecule has 3 aromatic rings. The van der Waals surface area contributed by atoms with Crippen molar-refractivity contribution in [2.75, 3.05) is 13.1 Å². The molecule has 0 spiro atoms. The molecule has 1 aromatic carbocycles. The first-order valence-corrected chi connectivity index (χ1v) is 8.72. The Labute approximate surface area is 141 Å². The summed E-state index contributed by atoms with van der Waals surface area (Å²) >= 11 is 0. The largest absolute Gasteiger partial charge is 0.340 e. The highest BCUT2D eigenvalue weighted by atomic mass is 16.5. The number of aromatic nitrogens is 4. The van der Waals surface area contributed by atoms with Gasteiger partial charge in [0.2, 0.25) is 5.89 Å². The number of rotatable bonds is 4. The summed E-state index contributed by atoms with van der Waals surface area (Å²) in [6.07, 6.45) is 3.23. The van der Waals surface area contributed by atoms with E-state index in [-0.39, 0.29) is 0 Å². The molecule has 0 atom stereocenters. The summed E-state index contributed by atoms with van der Waals surface area (Å²) < 4.78 is 7.53. The highest BCUT2D eigenvalue weighted by Gasteiger charge is 2.24. The van der Waals surface area contributed by atoms with Crippen molar-refractivity contribution in [2.45, 2.75) is 45.7 Å². The highest BCUT2D eigenvalue weighted by Crippen LogP contribution is 2.29. The maximum absolute atomic E-state index is 5.06. The van der Waals surface area contributed by atoms with Crippen LogP contribution in [0.2, 0.25) is 0 Å². The fraction of sp³-hybridized carbons (Fsp3) is 0.500. The number of para-hydroxylation sites is 2. The van der Waals surface area contributed by atoms with E-state index in [2.05, 4.69) is 50.8 Å². The minimum atomic E-state index is 0.524. The van der Waals surface area contributed by atoms with Gasteiger partial charge in [-0.05, 0) is 25.0 Å². The maximum Gasteiger partial charge on any atom is 0.223 e. The first-order valence-electron chi connectivity index (χ1n) is 8.72. The summed E-state index contributed by atoms with van der Waals surface area (Å²) in [7, 11) is 0. The molecule has 1 saturated heterocycles. The number of nitrogens with zero attached hydrogens (tertiary/aromatic N) is 5. The van der Waals surface area contributed by atoms with Gasteiger partial charge in [0.1, 0.15) is 5.82 Å². The average Bonchev–Trinajstić information content (AvgIpc) is 3.18. The normalized spacial score (nSPS) is 16.9. The number of hydrogen-bond acceptors (Lipinski definition) is 5. The fourth-order valence-corrected chi connectivity index (χ4v) is 3.69. The number of piperidine rings is 1. The van der Waals surface area contributed by atoms with E-state index in [9.17, 15) is 0 Å². The van der Waals surface area contributed by atoms with Crippen molar-refractivity contribution in [1.29, 1.82) is 0 Å². The van der Waals surface area contributed by atoms with Crippen molar-refractivity contribution in [3.63, 3.8) is 0 Å². The minimum Gasteiger partial charge on any atom is -0.340 e. The lowest BCUT2D eigenvalue weighted by atomic mass is 10.0. The van der Waals surface area contributed by atoms with Crippen molar-refractivity contribution in [3.8, 4) is 0 Å². The molecule has 126 valence electrons. The minimum absolute atomic E-state index is 0.524. The Balaban J connectivity index is 1.49. The second-order valence-corrected chi connectivity index (χ2v) is 6.48. The van der Waals surface area contributed by atoms with Crippen LogP contribution in [0.4, 0.5) is 0 Å². The molecule has 0 unspecified atom stereocenters. The third kappa shape index (κ3) is 2.82. The Morgan fingerprint density at radius 1 is 1.17 bits per heavy atom. The summed E-state index contributed by atoms with van der Waals surface area (Å²) in [6.45, 7) is 6.89. The van der Waals surface area contributed by atoms with Crippen LogP contribution in [-0.4, -0.2) is 37.7 Å². The van der Waals surface area contributed by atoms with Gasteiger partial charge in [0, 0.05) is 32.5 Å². The van der Waals surface area contributed by atoms with Crippen LogP contribution in [0.1, 0.15) is 43.3 Å². The van der Waals surface area contributed by atoms with Crippen molar-refractivity contribution >= 4 is 11.0 Å². The first-order chi connectivity index (χ1) is 11.7. The van der Waals surface area contributed by atoms with Crippen LogP contribution >= 0.6 is 0 Å². The van der Waals surface area contributed by atoms with Crippen LogP contribution in [0, 0.1) is 6.92 Å². The molecule has 1 aliphatic rings. The number of aryl methyl sites for hydroxylation is 2. The standard InChI is InChI=1S/C18H23N5O/c1-3-18-20-15-6-4-5-7-16(15)23(18)14-8-10-22(11-9-14)12-17-19-13(2)24-21-17/h4-7,14H,3,8-12H2,1-2H3. The molecule has 0 radical (unpaired) electrons. The van der Waals surface area contributed by atoms with Crippen molar-refractivity contribution in [2.24, 2.45) is 0 Å². The second kappa shape index (κ2) is 6.36. The average molecular weight is 325 g/mol. The molecule has 0 N–H and O–H groups in total. The Bertz CT molecular complexity index is 829. The molecule has 2 aromatic heterocycles. The van der Waals surface area contributed by atoms with Crippen LogP contribution in [0.25, 0.3) is 11.0 Å². The van der Waals surface area contributed by atoms with Crippen LogP contribution in [0.5, 0.6) is 0 Å². The first kappa shape index (κ1) is 15.3. The number of hydrogen-bond donors (Lipinski definition) is 0. The van der Waals surface area contributed by atoms with E-state index in [0.717, 1.165) is 50.2 Å². The molecule has 24 heavy (non-hydrogen) atoms. The molecule has 1 fully saturated rings. The summed E-state index contributed by atoms with van der Waals surface area (Å²) in [5.41, 5.74) is 2.38. The van der Waals surface area contributed by atoms with Gasteiger partial charge in [0.05, 0.1) is 17.6 Å². The van der Waals surface area contributed by atoms with Crippen molar-refractivity contribution in [3.05, 3.63) is 41.8 Å². The van der Waals surface area contributed by atoms with E-state index < -0.39 is 0 Å². The van der Waals surface area contributed by atoms with Gasteiger partial charge in [-0.2, -0.15) is 4.98 Å². The smallest absolute Gasteiger partial charge is 0.223 e. The summed E-state index contributed by atoms with van der Waals surface area (Å²) in [6, 6.07) is 8.99. The van der Waals surface area contributed by atoms with Gasteiger partial charge >= 0.3 is 0 Å². The van der Waals surface area contributed by atoms with Gasteiger partial charge in [-0.3, -0.25) is 4.90 Å². The Morgan fingerprint density at radius 3 is 2.67 bits per heavy atom. The molecule has 0 amide bonds. The van der Waals surface area contributed by atoms with Gasteiger partial charge in [-0.25, -0.2) is 4.98 Å². The summed E-state index contributed by atoms with van der Waals surface area (Å²) in [5, 5.41) is 4.00. The molecule has 0 bridgehead atoms. The molecule has 1 aliphatic heterocycles. The number of imidazole rings is 1. The lowest BCUT2D eigenvalue weighted by molar-refractivity contribution is 0.174. The zero-order valence-corrected chi connectivity index (χ0v) is 14.3. The fourth-order valence-electron chi connectivity index (χ4n) is 3.69. The molecule has 0 saturated carbocycles. The molecule has 6 heteroatoms. The van der Waals surface area contributed by atoms with E-state index in [4.69, 9.17) is 9.51 Å². The van der Waals surface area contributed by atoms with Gasteiger partial charge < -0.3 is 9.09 Å². The van der Waals surface area contributed by atoms with E-state index in [1.807, 2.05) is 6.92 Å². The lowest BCUT2D eigenvalue weighted by Crippen LogP contribution is -2.34. The van der Waals surface area contributed by atoms with E-state index in [1.54, 1.807) is 0 Å². The number of likely N-dealkylation sites (tertiary alicyclic amines) is 1. The second-order valence-electron chi connectivity index (χ2n) is 6.48. The Hall–Kier alpha value is -2.21. The van der Waals surface area contributed by atoms with Crippen LogP contribution < -0.4 is 0 Å². The predicted octanol–water partition coefficient (Wildman–Crippen LogP) is 3.13. The molecule has 6 nitrogen and oxygen atoms in total. The number of benzene rings is 1. The third-order valence-electron chi connectivity index (χ3n) is 4.84. The number of fused-ring (bicyclic) bond motifs is 1.